The maximum Gasteiger partial charge on any atom is 0.232 e. The summed E-state index contributed by atoms with van der Waals surface area (Å²) >= 11 is 3.00. The number of nitrogens with zero attached hydrogens (tertiary/aromatic N) is 5. The predicted octanol–water partition coefficient (Wildman–Crippen LogP) is 2.81. The SMILES string of the molecule is CC(=O)Nc1nc(CSc2nnc(N3CCOCC3)n2-c2ccccc2)cs1. The van der Waals surface area contributed by atoms with Crippen molar-refractivity contribution in [2.75, 3.05) is 36.5 Å². The number of thioether (sulfide) groups is 1. The summed E-state index contributed by atoms with van der Waals surface area (Å²) in [6.45, 7) is 4.44. The molecular formula is C18H20N6O2S2. The van der Waals surface area contributed by atoms with Crippen LogP contribution in [0.25, 0.3) is 5.69 Å². The Balaban J connectivity index is 1.57. The van der Waals surface area contributed by atoms with Gasteiger partial charge in [0, 0.05) is 31.1 Å². The van der Waals surface area contributed by atoms with Crippen molar-refractivity contribution in [2.45, 2.75) is 17.8 Å². The molecule has 146 valence electrons. The molecule has 0 radical (unpaired) electrons. The average molecular weight is 417 g/mol. The fourth-order valence-electron chi connectivity index (χ4n) is 2.85. The van der Waals surface area contributed by atoms with E-state index in [9.17, 15) is 4.79 Å². The van der Waals surface area contributed by atoms with Crippen LogP contribution in [-0.4, -0.2) is 52.0 Å². The number of amides is 1. The van der Waals surface area contributed by atoms with E-state index in [1.165, 1.54) is 18.3 Å². The lowest BCUT2D eigenvalue weighted by Crippen LogP contribution is -2.37. The minimum Gasteiger partial charge on any atom is -0.378 e. The van der Waals surface area contributed by atoms with Gasteiger partial charge in [-0.05, 0) is 12.1 Å². The summed E-state index contributed by atoms with van der Waals surface area (Å²) < 4.78 is 7.55. The van der Waals surface area contributed by atoms with Gasteiger partial charge in [0.1, 0.15) is 0 Å². The molecule has 1 aliphatic heterocycles. The number of aromatic nitrogens is 4. The van der Waals surface area contributed by atoms with Gasteiger partial charge in [0.15, 0.2) is 10.3 Å². The van der Waals surface area contributed by atoms with Crippen LogP contribution in [0, 0.1) is 0 Å². The van der Waals surface area contributed by atoms with Crippen molar-refractivity contribution in [3.63, 3.8) is 0 Å². The van der Waals surface area contributed by atoms with Crippen molar-refractivity contribution in [2.24, 2.45) is 0 Å². The van der Waals surface area contributed by atoms with E-state index in [1.807, 2.05) is 23.6 Å². The average Bonchev–Trinajstić information content (AvgIpc) is 3.34. The van der Waals surface area contributed by atoms with Gasteiger partial charge in [0.05, 0.1) is 24.6 Å². The highest BCUT2D eigenvalue weighted by Crippen LogP contribution is 2.30. The molecule has 2 aromatic heterocycles. The summed E-state index contributed by atoms with van der Waals surface area (Å²) in [7, 11) is 0. The van der Waals surface area contributed by atoms with E-state index >= 15 is 0 Å². The van der Waals surface area contributed by atoms with Gasteiger partial charge in [-0.3, -0.25) is 9.36 Å². The maximum atomic E-state index is 11.2. The Morgan fingerprint density at radius 3 is 2.79 bits per heavy atom. The molecule has 10 heteroatoms. The number of benzene rings is 1. The summed E-state index contributed by atoms with van der Waals surface area (Å²) in [5, 5.41) is 15.0. The highest BCUT2D eigenvalue weighted by molar-refractivity contribution is 7.98. The van der Waals surface area contributed by atoms with Gasteiger partial charge in [-0.1, -0.05) is 30.0 Å². The summed E-state index contributed by atoms with van der Waals surface area (Å²) in [4.78, 5) is 17.8. The molecule has 0 saturated carbocycles. The molecule has 0 atom stereocenters. The van der Waals surface area contributed by atoms with Crippen molar-refractivity contribution in [1.29, 1.82) is 0 Å². The number of morpholine rings is 1. The van der Waals surface area contributed by atoms with Gasteiger partial charge >= 0.3 is 0 Å². The van der Waals surface area contributed by atoms with Crippen LogP contribution in [0.4, 0.5) is 11.1 Å². The molecule has 0 spiro atoms. The number of carbonyl (C=O) groups excluding carboxylic acids is 1. The fraction of sp³-hybridized carbons (Fsp3) is 0.333. The minimum atomic E-state index is -0.118. The lowest BCUT2D eigenvalue weighted by atomic mass is 10.3. The molecule has 1 N–H and O–H groups in total. The molecule has 1 aromatic carbocycles. The number of para-hydroxylation sites is 1. The van der Waals surface area contributed by atoms with E-state index in [2.05, 4.69) is 42.1 Å². The molecular weight excluding hydrogens is 396 g/mol. The number of rotatable bonds is 6. The first-order chi connectivity index (χ1) is 13.7. The lowest BCUT2D eigenvalue weighted by molar-refractivity contribution is -0.114. The summed E-state index contributed by atoms with van der Waals surface area (Å²) in [5.74, 6) is 1.35. The summed E-state index contributed by atoms with van der Waals surface area (Å²) in [6, 6.07) is 10.1. The summed E-state index contributed by atoms with van der Waals surface area (Å²) in [6.07, 6.45) is 0. The molecule has 3 aromatic rings. The van der Waals surface area contributed by atoms with Crippen molar-refractivity contribution >= 4 is 40.1 Å². The summed E-state index contributed by atoms with van der Waals surface area (Å²) in [5.41, 5.74) is 1.92. The van der Waals surface area contributed by atoms with Gasteiger partial charge < -0.3 is 15.0 Å². The highest BCUT2D eigenvalue weighted by Gasteiger charge is 2.22. The fourth-order valence-corrected chi connectivity index (χ4v) is 4.55. The van der Waals surface area contributed by atoms with Gasteiger partial charge in [-0.25, -0.2) is 4.98 Å². The van der Waals surface area contributed by atoms with Crippen molar-refractivity contribution < 1.29 is 9.53 Å². The first-order valence-corrected chi connectivity index (χ1v) is 10.8. The number of carbonyl (C=O) groups is 1. The molecule has 1 saturated heterocycles. The Morgan fingerprint density at radius 1 is 1.25 bits per heavy atom. The Kier molecular flexibility index (Phi) is 5.89. The van der Waals surface area contributed by atoms with Crippen molar-refractivity contribution in [3.8, 4) is 5.69 Å². The number of anilines is 2. The Labute approximate surface area is 170 Å². The Bertz CT molecular complexity index is 937. The van der Waals surface area contributed by atoms with Crippen LogP contribution < -0.4 is 10.2 Å². The number of ether oxygens (including phenoxy) is 1. The molecule has 1 amide bonds. The third kappa shape index (κ3) is 4.34. The van der Waals surface area contributed by atoms with Gasteiger partial charge in [0.2, 0.25) is 11.9 Å². The quantitative estimate of drug-likeness (QED) is 0.619. The molecule has 0 aliphatic carbocycles. The molecule has 1 aliphatic rings. The van der Waals surface area contributed by atoms with Crippen LogP contribution in [0.3, 0.4) is 0 Å². The standard InChI is InChI=1S/C18H20N6O2S2/c1-13(25)19-16-20-14(11-27-16)12-28-18-22-21-17(23-7-9-26-10-8-23)24(18)15-5-3-2-4-6-15/h2-6,11H,7-10,12H2,1H3,(H,19,20,25). The lowest BCUT2D eigenvalue weighted by Gasteiger charge is -2.27. The zero-order valence-corrected chi connectivity index (χ0v) is 17.0. The number of nitrogens with one attached hydrogen (secondary N) is 1. The highest BCUT2D eigenvalue weighted by atomic mass is 32.2. The molecule has 3 heterocycles. The van der Waals surface area contributed by atoms with Crippen LogP contribution in [0.2, 0.25) is 0 Å². The Hall–Kier alpha value is -2.43. The monoisotopic (exact) mass is 416 g/mol. The zero-order chi connectivity index (χ0) is 19.3. The van der Waals surface area contributed by atoms with E-state index < -0.39 is 0 Å². The molecule has 0 unspecified atom stereocenters. The van der Waals surface area contributed by atoms with Crippen LogP contribution in [-0.2, 0) is 15.3 Å². The second kappa shape index (κ2) is 8.72. The smallest absolute Gasteiger partial charge is 0.232 e. The van der Waals surface area contributed by atoms with Crippen LogP contribution in [0.5, 0.6) is 0 Å². The van der Waals surface area contributed by atoms with E-state index in [0.29, 0.717) is 24.1 Å². The predicted molar refractivity (Wildman–Crippen MR) is 110 cm³/mol. The number of thiazole rings is 1. The van der Waals surface area contributed by atoms with Crippen molar-refractivity contribution in [1.82, 2.24) is 19.7 Å². The number of hydrogen-bond donors (Lipinski definition) is 1. The molecule has 28 heavy (non-hydrogen) atoms. The second-order valence-electron chi connectivity index (χ2n) is 6.17. The second-order valence-corrected chi connectivity index (χ2v) is 7.97. The third-order valence-electron chi connectivity index (χ3n) is 4.11. The topological polar surface area (TPSA) is 85.2 Å². The first-order valence-electron chi connectivity index (χ1n) is 8.89. The van der Waals surface area contributed by atoms with Crippen LogP contribution >= 0.6 is 23.1 Å². The van der Waals surface area contributed by atoms with E-state index in [4.69, 9.17) is 4.74 Å². The molecule has 8 nitrogen and oxygen atoms in total. The number of hydrogen-bond acceptors (Lipinski definition) is 8. The van der Waals surface area contributed by atoms with E-state index in [-0.39, 0.29) is 5.91 Å². The zero-order valence-electron chi connectivity index (χ0n) is 15.4. The largest absolute Gasteiger partial charge is 0.378 e. The normalized spacial score (nSPS) is 14.2. The van der Waals surface area contributed by atoms with Crippen molar-refractivity contribution in [3.05, 3.63) is 41.4 Å². The van der Waals surface area contributed by atoms with Gasteiger partial charge in [0.25, 0.3) is 0 Å². The minimum absolute atomic E-state index is 0.118. The van der Waals surface area contributed by atoms with E-state index in [0.717, 1.165) is 35.6 Å². The maximum absolute atomic E-state index is 11.2. The molecule has 1 fully saturated rings. The molecule has 4 rings (SSSR count). The van der Waals surface area contributed by atoms with E-state index in [1.54, 1.807) is 11.8 Å². The third-order valence-corrected chi connectivity index (χ3v) is 5.88. The first kappa shape index (κ1) is 18.9. The molecule has 0 bridgehead atoms. The van der Waals surface area contributed by atoms with Gasteiger partial charge in [-0.15, -0.1) is 21.5 Å². The van der Waals surface area contributed by atoms with Crippen LogP contribution in [0.1, 0.15) is 12.6 Å². The Morgan fingerprint density at radius 2 is 2.04 bits per heavy atom. The van der Waals surface area contributed by atoms with Gasteiger partial charge in [-0.2, -0.15) is 0 Å². The van der Waals surface area contributed by atoms with Crippen LogP contribution in [0.15, 0.2) is 40.9 Å².